The number of esters is 1. The highest BCUT2D eigenvalue weighted by Gasteiger charge is 2.37. The summed E-state index contributed by atoms with van der Waals surface area (Å²) in [6.45, 7) is 8.95. The van der Waals surface area contributed by atoms with Gasteiger partial charge < -0.3 is 31.3 Å². The molecule has 0 bridgehead atoms. The van der Waals surface area contributed by atoms with Gasteiger partial charge in [0.25, 0.3) is 0 Å². The van der Waals surface area contributed by atoms with E-state index < -0.39 is 17.6 Å². The molecule has 0 aliphatic rings. The fraction of sp³-hybridized carbons (Fsp3) is 0.667. The first-order valence-corrected chi connectivity index (χ1v) is 11.3. The Morgan fingerprint density at radius 2 is 1.36 bits per heavy atom. The minimum atomic E-state index is -2.53. The van der Waals surface area contributed by atoms with Gasteiger partial charge in [-0.1, -0.05) is 13.2 Å². The van der Waals surface area contributed by atoms with Crippen molar-refractivity contribution >= 4 is 23.6 Å². The topological polar surface area (TPSA) is 81.7 Å². The van der Waals surface area contributed by atoms with Crippen molar-refractivity contribution in [2.24, 2.45) is 0 Å². The van der Waals surface area contributed by atoms with Gasteiger partial charge in [0, 0.05) is 54.3 Å². The number of carbonyl (C=O) groups is 1. The Labute approximate surface area is 153 Å². The van der Waals surface area contributed by atoms with Gasteiger partial charge in [-0.05, 0) is 19.0 Å². The summed E-state index contributed by atoms with van der Waals surface area (Å²) in [4.78, 5) is 11.1. The third-order valence-electron chi connectivity index (χ3n) is 3.25. The Kier molecular flexibility index (Phi) is 15.1. The average Bonchev–Trinajstić information content (AvgIpc) is 2.65. The molecule has 0 unspecified atom stereocenters. The van der Waals surface area contributed by atoms with E-state index in [9.17, 15) is 4.79 Å². The lowest BCUT2D eigenvalue weighted by molar-refractivity contribution is -0.139. The van der Waals surface area contributed by atoms with E-state index >= 15 is 0 Å². The van der Waals surface area contributed by atoms with Crippen LogP contribution < -0.4 is 0 Å². The van der Waals surface area contributed by atoms with Crippen LogP contribution in [0.15, 0.2) is 24.4 Å². The van der Waals surface area contributed by atoms with Crippen LogP contribution in [0, 0.1) is 0 Å². The molecule has 0 spiro atoms. The molecule has 0 saturated carbocycles. The van der Waals surface area contributed by atoms with Gasteiger partial charge in [-0.2, -0.15) is 0 Å². The summed E-state index contributed by atoms with van der Waals surface area (Å²) in [6.07, 6.45) is 0.640. The molecular weight excluding hydrogens is 364 g/mol. The minimum absolute atomic E-state index is 0.316. The van der Waals surface area contributed by atoms with Crippen LogP contribution in [0.2, 0.25) is 6.04 Å². The molecule has 0 heterocycles. The molecular formula is C15H32O8Si2. The van der Waals surface area contributed by atoms with E-state index in [4.69, 9.17) is 31.3 Å². The van der Waals surface area contributed by atoms with Crippen LogP contribution in [0.1, 0.15) is 13.3 Å². The molecule has 0 aliphatic carbocycles. The number of carbonyl (C=O) groups excluding carboxylic acids is 1. The van der Waals surface area contributed by atoms with E-state index in [-0.39, 0.29) is 5.97 Å². The predicted octanol–water partition coefficient (Wildman–Crippen LogP) is 1.96. The van der Waals surface area contributed by atoms with E-state index in [2.05, 4.69) is 13.2 Å². The van der Waals surface area contributed by atoms with Crippen LogP contribution in [0.4, 0.5) is 0 Å². The van der Waals surface area contributed by atoms with Crippen molar-refractivity contribution in [2.75, 3.05) is 49.3 Å². The van der Waals surface area contributed by atoms with Gasteiger partial charge in [0.05, 0.1) is 6.61 Å². The molecule has 10 heteroatoms. The first kappa shape index (κ1) is 26.4. The quantitative estimate of drug-likeness (QED) is 0.214. The van der Waals surface area contributed by atoms with Crippen molar-refractivity contribution in [2.45, 2.75) is 19.4 Å². The van der Waals surface area contributed by atoms with Crippen LogP contribution in [0.25, 0.3) is 0 Å². The largest absolute Gasteiger partial charge is 0.528 e. The standard InChI is InChI=1S/C10H20O5Si.C5H12O3Si/c1-9(2)10(11)15-7-6-8-16(12-3,13-4)14-5;1-5-9(6-2,7-3)8-4/h1,6-8H2,2-5H3;5H,1H2,2-4H3. The molecule has 0 rings (SSSR count). The molecule has 0 atom stereocenters. The maximum absolute atomic E-state index is 11.1. The van der Waals surface area contributed by atoms with Crippen molar-refractivity contribution in [3.8, 4) is 0 Å². The van der Waals surface area contributed by atoms with Crippen LogP contribution in [0.5, 0.6) is 0 Å². The molecule has 0 fully saturated rings. The first-order chi connectivity index (χ1) is 11.8. The molecule has 148 valence electrons. The lowest BCUT2D eigenvalue weighted by Gasteiger charge is -2.24. The van der Waals surface area contributed by atoms with Gasteiger partial charge in [-0.3, -0.25) is 0 Å². The van der Waals surface area contributed by atoms with Gasteiger partial charge >= 0.3 is 23.6 Å². The predicted molar refractivity (Wildman–Crippen MR) is 99.0 cm³/mol. The van der Waals surface area contributed by atoms with Crippen LogP contribution in [-0.2, 0) is 36.1 Å². The van der Waals surface area contributed by atoms with Gasteiger partial charge in [-0.15, -0.1) is 0 Å². The fourth-order valence-electron chi connectivity index (χ4n) is 1.63. The zero-order chi connectivity index (χ0) is 19.9. The van der Waals surface area contributed by atoms with Crippen molar-refractivity contribution in [1.29, 1.82) is 0 Å². The van der Waals surface area contributed by atoms with E-state index in [1.165, 1.54) is 0 Å². The Balaban J connectivity index is 0. The van der Waals surface area contributed by atoms with Crippen molar-refractivity contribution in [3.05, 3.63) is 24.4 Å². The maximum Gasteiger partial charge on any atom is 0.528 e. The summed E-state index contributed by atoms with van der Waals surface area (Å²) in [5.41, 5.74) is 1.97. The molecule has 25 heavy (non-hydrogen) atoms. The second-order valence-electron chi connectivity index (χ2n) is 4.74. The van der Waals surface area contributed by atoms with Crippen LogP contribution in [0.3, 0.4) is 0 Å². The Hall–Kier alpha value is -0.856. The SMILES string of the molecule is C=C(C)C(=O)OCCC[Si](OC)(OC)OC.C=C[Si](OC)(OC)OC. The summed E-state index contributed by atoms with van der Waals surface area (Å²) < 4.78 is 35.5. The van der Waals surface area contributed by atoms with Gasteiger partial charge in [-0.25, -0.2) is 4.79 Å². The highest BCUT2D eigenvalue weighted by molar-refractivity contribution is 6.66. The summed E-state index contributed by atoms with van der Waals surface area (Å²) in [7, 11) is 4.33. The zero-order valence-corrected chi connectivity index (χ0v) is 18.4. The molecule has 0 saturated heterocycles. The second kappa shape index (κ2) is 14.3. The Morgan fingerprint density at radius 1 is 0.920 bits per heavy atom. The second-order valence-corrected chi connectivity index (χ2v) is 10.7. The molecule has 0 aliphatic heterocycles. The van der Waals surface area contributed by atoms with Crippen molar-refractivity contribution in [3.63, 3.8) is 0 Å². The zero-order valence-electron chi connectivity index (χ0n) is 16.4. The Morgan fingerprint density at radius 3 is 1.60 bits per heavy atom. The maximum atomic E-state index is 11.1. The number of hydrogen-bond donors (Lipinski definition) is 0. The Bertz CT molecular complexity index is 378. The van der Waals surface area contributed by atoms with Gasteiger partial charge in [0.15, 0.2) is 0 Å². The molecule has 8 nitrogen and oxygen atoms in total. The summed E-state index contributed by atoms with van der Waals surface area (Å²) >= 11 is 0. The van der Waals surface area contributed by atoms with E-state index in [1.807, 2.05) is 0 Å². The first-order valence-electron chi connectivity index (χ1n) is 7.53. The highest BCUT2D eigenvalue weighted by atomic mass is 28.4. The number of rotatable bonds is 12. The number of ether oxygens (including phenoxy) is 1. The van der Waals surface area contributed by atoms with Crippen LogP contribution in [-0.4, -0.2) is 72.8 Å². The molecule has 0 radical (unpaired) electrons. The smallest absolute Gasteiger partial charge is 0.462 e. The minimum Gasteiger partial charge on any atom is -0.462 e. The summed E-state index contributed by atoms with van der Waals surface area (Å²) in [6, 6.07) is 0.611. The van der Waals surface area contributed by atoms with Gasteiger partial charge in [0.2, 0.25) is 0 Å². The van der Waals surface area contributed by atoms with E-state index in [1.54, 1.807) is 55.3 Å². The molecule has 0 amide bonds. The number of hydrogen-bond acceptors (Lipinski definition) is 8. The van der Waals surface area contributed by atoms with Gasteiger partial charge in [0.1, 0.15) is 0 Å². The molecule has 0 N–H and O–H groups in total. The monoisotopic (exact) mass is 396 g/mol. The average molecular weight is 397 g/mol. The van der Waals surface area contributed by atoms with E-state index in [0.29, 0.717) is 24.6 Å². The van der Waals surface area contributed by atoms with Crippen molar-refractivity contribution < 1.29 is 36.1 Å². The molecule has 0 aromatic heterocycles. The summed E-state index contributed by atoms with van der Waals surface area (Å²) in [5, 5.41) is 0. The third-order valence-corrected chi connectivity index (χ3v) is 8.28. The van der Waals surface area contributed by atoms with E-state index in [0.717, 1.165) is 0 Å². The highest BCUT2D eigenvalue weighted by Crippen LogP contribution is 2.14. The molecule has 0 aromatic carbocycles. The third kappa shape index (κ3) is 10.0. The fourth-order valence-corrected chi connectivity index (χ4v) is 4.32. The lowest BCUT2D eigenvalue weighted by atomic mass is 10.4. The molecule has 0 aromatic rings. The summed E-state index contributed by atoms with van der Waals surface area (Å²) in [5.74, 6) is -0.375. The van der Waals surface area contributed by atoms with Crippen molar-refractivity contribution in [1.82, 2.24) is 0 Å². The van der Waals surface area contributed by atoms with Crippen LogP contribution >= 0.6 is 0 Å². The lowest BCUT2D eigenvalue weighted by Crippen LogP contribution is -2.42. The normalized spacial score (nSPS) is 11.3.